The average molecular weight is 249 g/mol. The fourth-order valence-electron chi connectivity index (χ4n) is 1.83. The second kappa shape index (κ2) is 5.60. The lowest BCUT2D eigenvalue weighted by Crippen LogP contribution is -2.51. The van der Waals surface area contributed by atoms with Crippen LogP contribution < -0.4 is 15.8 Å². The van der Waals surface area contributed by atoms with Gasteiger partial charge >= 0.3 is 0 Å². The number of primary sulfonamides is 1. The predicted octanol–water partition coefficient (Wildman–Crippen LogP) is -1.22. The van der Waals surface area contributed by atoms with Gasteiger partial charge in [-0.3, -0.25) is 4.79 Å². The van der Waals surface area contributed by atoms with Gasteiger partial charge in [-0.25, -0.2) is 13.6 Å². The maximum Gasteiger partial charge on any atom is 0.237 e. The molecule has 1 aliphatic rings. The number of carbonyl (C=O) groups is 1. The highest BCUT2D eigenvalue weighted by atomic mass is 32.2. The number of hydrogen-bond donors (Lipinski definition) is 3. The third kappa shape index (κ3) is 4.46. The van der Waals surface area contributed by atoms with Crippen LogP contribution in [0.25, 0.3) is 0 Å². The van der Waals surface area contributed by atoms with E-state index in [4.69, 9.17) is 5.14 Å². The minimum atomic E-state index is -3.50. The van der Waals surface area contributed by atoms with E-state index in [1.165, 1.54) is 0 Å². The van der Waals surface area contributed by atoms with Crippen molar-refractivity contribution in [3.63, 3.8) is 0 Å². The lowest BCUT2D eigenvalue weighted by atomic mass is 9.92. The zero-order chi connectivity index (χ0) is 12.2. The molecule has 6 nitrogen and oxygen atoms in total. The van der Waals surface area contributed by atoms with Crippen LogP contribution in [0.5, 0.6) is 0 Å². The predicted molar refractivity (Wildman–Crippen MR) is 61.2 cm³/mol. The summed E-state index contributed by atoms with van der Waals surface area (Å²) in [5, 5.41) is 10.5. The molecule has 1 rings (SSSR count). The summed E-state index contributed by atoms with van der Waals surface area (Å²) in [5.74, 6) is -0.0843. The molecule has 0 aromatic rings. The van der Waals surface area contributed by atoms with Gasteiger partial charge in [-0.05, 0) is 25.3 Å². The van der Waals surface area contributed by atoms with E-state index in [1.54, 1.807) is 0 Å². The first-order valence-corrected chi connectivity index (χ1v) is 7.13. The highest BCUT2D eigenvalue weighted by Gasteiger charge is 2.26. The molecule has 0 spiro atoms. The summed E-state index contributed by atoms with van der Waals surface area (Å²) in [7, 11) is -3.50. The molecule has 0 bridgehead atoms. The summed E-state index contributed by atoms with van der Waals surface area (Å²) in [5.41, 5.74) is 0. The number of amides is 1. The van der Waals surface area contributed by atoms with E-state index in [-0.39, 0.29) is 30.2 Å². The molecule has 0 saturated carbocycles. The SMILES string of the molecule is CC1CCCNC1C(=O)NCCS(N)(=O)=O. The molecule has 0 aliphatic carbocycles. The maximum absolute atomic E-state index is 11.7. The van der Waals surface area contributed by atoms with Crippen molar-refractivity contribution >= 4 is 15.9 Å². The summed E-state index contributed by atoms with van der Waals surface area (Å²) in [4.78, 5) is 11.7. The number of nitrogens with one attached hydrogen (secondary N) is 2. The molecule has 1 aliphatic heterocycles. The number of piperidine rings is 1. The van der Waals surface area contributed by atoms with Crippen LogP contribution in [0.4, 0.5) is 0 Å². The number of carbonyl (C=O) groups excluding carboxylic acids is 1. The van der Waals surface area contributed by atoms with Crippen LogP contribution in [0, 0.1) is 5.92 Å². The first-order valence-electron chi connectivity index (χ1n) is 5.42. The Morgan fingerprint density at radius 2 is 2.25 bits per heavy atom. The van der Waals surface area contributed by atoms with E-state index in [0.717, 1.165) is 19.4 Å². The van der Waals surface area contributed by atoms with Crippen LogP contribution in [0.15, 0.2) is 0 Å². The quantitative estimate of drug-likeness (QED) is 0.581. The second-order valence-corrected chi connectivity index (χ2v) is 5.94. The van der Waals surface area contributed by atoms with Crippen LogP contribution in [-0.2, 0) is 14.8 Å². The molecule has 1 fully saturated rings. The number of nitrogens with two attached hydrogens (primary N) is 1. The van der Waals surface area contributed by atoms with Crippen molar-refractivity contribution in [2.45, 2.75) is 25.8 Å². The van der Waals surface area contributed by atoms with Gasteiger partial charge in [-0.2, -0.15) is 0 Å². The van der Waals surface area contributed by atoms with E-state index >= 15 is 0 Å². The Morgan fingerprint density at radius 3 is 2.81 bits per heavy atom. The van der Waals surface area contributed by atoms with Crippen molar-refractivity contribution in [2.24, 2.45) is 11.1 Å². The van der Waals surface area contributed by atoms with Crippen LogP contribution in [0.1, 0.15) is 19.8 Å². The monoisotopic (exact) mass is 249 g/mol. The molecule has 0 aromatic heterocycles. The van der Waals surface area contributed by atoms with E-state index in [0.29, 0.717) is 0 Å². The highest BCUT2D eigenvalue weighted by Crippen LogP contribution is 2.15. The standard InChI is InChI=1S/C9H19N3O3S/c1-7-3-2-4-11-8(7)9(13)12-5-6-16(10,14)15/h7-8,11H,2-6H2,1H3,(H,12,13)(H2,10,14,15). The van der Waals surface area contributed by atoms with Gasteiger partial charge < -0.3 is 10.6 Å². The highest BCUT2D eigenvalue weighted by molar-refractivity contribution is 7.89. The molecule has 0 radical (unpaired) electrons. The van der Waals surface area contributed by atoms with Gasteiger partial charge in [0.05, 0.1) is 11.8 Å². The Kier molecular flexibility index (Phi) is 4.69. The molecular formula is C9H19N3O3S. The largest absolute Gasteiger partial charge is 0.354 e. The van der Waals surface area contributed by atoms with Gasteiger partial charge in [0.2, 0.25) is 15.9 Å². The Balaban J connectivity index is 2.34. The van der Waals surface area contributed by atoms with Gasteiger partial charge in [0.15, 0.2) is 0 Å². The molecule has 4 N–H and O–H groups in total. The molecule has 2 unspecified atom stereocenters. The minimum absolute atomic E-state index is 0.0720. The molecule has 1 saturated heterocycles. The number of hydrogen-bond acceptors (Lipinski definition) is 4. The van der Waals surface area contributed by atoms with Crippen molar-refractivity contribution in [2.75, 3.05) is 18.8 Å². The van der Waals surface area contributed by atoms with E-state index in [1.807, 2.05) is 6.92 Å². The Bertz CT molecular complexity index is 342. The van der Waals surface area contributed by atoms with Crippen molar-refractivity contribution in [3.05, 3.63) is 0 Å². The van der Waals surface area contributed by atoms with Crippen LogP contribution in [0.3, 0.4) is 0 Å². The summed E-state index contributed by atoms with van der Waals surface area (Å²) in [6, 6.07) is -0.214. The Morgan fingerprint density at radius 1 is 1.56 bits per heavy atom. The summed E-state index contributed by atoms with van der Waals surface area (Å²) >= 11 is 0. The molecule has 2 atom stereocenters. The van der Waals surface area contributed by atoms with Gasteiger partial charge in [-0.1, -0.05) is 6.92 Å². The van der Waals surface area contributed by atoms with E-state index in [9.17, 15) is 13.2 Å². The van der Waals surface area contributed by atoms with E-state index < -0.39 is 10.0 Å². The van der Waals surface area contributed by atoms with Gasteiger partial charge in [0.1, 0.15) is 0 Å². The maximum atomic E-state index is 11.7. The van der Waals surface area contributed by atoms with Crippen molar-refractivity contribution < 1.29 is 13.2 Å². The third-order valence-corrected chi connectivity index (χ3v) is 3.51. The van der Waals surface area contributed by atoms with Gasteiger partial charge in [-0.15, -0.1) is 0 Å². The summed E-state index contributed by atoms with van der Waals surface area (Å²) < 4.78 is 21.3. The smallest absolute Gasteiger partial charge is 0.237 e. The topological polar surface area (TPSA) is 101 Å². The Hall–Kier alpha value is -0.660. The van der Waals surface area contributed by atoms with Crippen molar-refractivity contribution in [3.8, 4) is 0 Å². The lowest BCUT2D eigenvalue weighted by Gasteiger charge is -2.28. The average Bonchev–Trinajstić information content (AvgIpc) is 2.16. The Labute approximate surface area is 96.0 Å². The van der Waals surface area contributed by atoms with Gasteiger partial charge in [0.25, 0.3) is 0 Å². The molecule has 7 heteroatoms. The van der Waals surface area contributed by atoms with Crippen molar-refractivity contribution in [1.82, 2.24) is 10.6 Å². The summed E-state index contributed by atoms with van der Waals surface area (Å²) in [6.07, 6.45) is 2.09. The van der Waals surface area contributed by atoms with Crippen LogP contribution >= 0.6 is 0 Å². The molecule has 94 valence electrons. The van der Waals surface area contributed by atoms with Crippen molar-refractivity contribution in [1.29, 1.82) is 0 Å². The molecule has 1 amide bonds. The molecule has 16 heavy (non-hydrogen) atoms. The molecular weight excluding hydrogens is 230 g/mol. The number of sulfonamides is 1. The van der Waals surface area contributed by atoms with E-state index in [2.05, 4.69) is 10.6 Å². The normalized spacial score (nSPS) is 26.4. The zero-order valence-corrected chi connectivity index (χ0v) is 10.2. The summed E-state index contributed by atoms with van der Waals surface area (Å²) in [6.45, 7) is 2.91. The molecule has 0 aromatic carbocycles. The van der Waals surface area contributed by atoms with Gasteiger partial charge in [0, 0.05) is 6.54 Å². The second-order valence-electron chi connectivity index (χ2n) is 4.21. The first-order chi connectivity index (χ1) is 7.40. The number of rotatable bonds is 4. The minimum Gasteiger partial charge on any atom is -0.354 e. The van der Waals surface area contributed by atoms with Crippen LogP contribution in [-0.4, -0.2) is 39.2 Å². The fourth-order valence-corrected chi connectivity index (χ4v) is 2.21. The first kappa shape index (κ1) is 13.4. The lowest BCUT2D eigenvalue weighted by molar-refractivity contribution is -0.124. The molecule has 1 heterocycles. The fraction of sp³-hybridized carbons (Fsp3) is 0.889. The zero-order valence-electron chi connectivity index (χ0n) is 9.40. The third-order valence-electron chi connectivity index (χ3n) is 2.74. The van der Waals surface area contributed by atoms with Crippen LogP contribution in [0.2, 0.25) is 0 Å².